The van der Waals surface area contributed by atoms with E-state index in [0.717, 1.165) is 6.42 Å². The number of carbonyl (C=O) groups excluding carboxylic acids is 1. The molecule has 1 N–H and O–H groups in total. The number of amides is 1. The van der Waals surface area contributed by atoms with Crippen molar-refractivity contribution in [3.63, 3.8) is 0 Å². The van der Waals surface area contributed by atoms with E-state index in [1.54, 1.807) is 0 Å². The number of benzene rings is 3. The van der Waals surface area contributed by atoms with Gasteiger partial charge in [-0.3, -0.25) is 0 Å². The zero-order valence-corrected chi connectivity index (χ0v) is 23.7. The minimum atomic E-state index is -1.09. The predicted octanol–water partition coefficient (Wildman–Crippen LogP) is 7.94. The molecule has 0 spiro atoms. The second kappa shape index (κ2) is 11.7. The molecule has 2 atom stereocenters. The fourth-order valence-electron chi connectivity index (χ4n) is 4.61. The fraction of sp³-hybridized carbons (Fsp3) is 0.406. The van der Waals surface area contributed by atoms with Gasteiger partial charge >= 0.3 is 6.09 Å². The molecule has 2 unspecified atom stereocenters. The molecule has 1 saturated heterocycles. The topological polar surface area (TPSA) is 75.3 Å². The molecule has 0 aliphatic carbocycles. The third-order valence-corrected chi connectivity index (χ3v) is 6.28. The van der Waals surface area contributed by atoms with E-state index < -0.39 is 29.1 Å². The molecule has 4 rings (SSSR count). The van der Waals surface area contributed by atoms with Crippen LogP contribution in [0.2, 0.25) is 0 Å². The van der Waals surface area contributed by atoms with E-state index in [1.807, 2.05) is 113 Å². The summed E-state index contributed by atoms with van der Waals surface area (Å²) in [4.78, 5) is 13.3. The van der Waals surface area contributed by atoms with Gasteiger partial charge in [-0.2, -0.15) is 0 Å². The lowest BCUT2D eigenvalue weighted by molar-refractivity contribution is -0.305. The van der Waals surface area contributed by atoms with Crippen molar-refractivity contribution >= 4 is 6.09 Å². The molecule has 3 aromatic carbocycles. The summed E-state index contributed by atoms with van der Waals surface area (Å²) in [5.74, 6) is 1.63. The van der Waals surface area contributed by atoms with E-state index in [2.05, 4.69) is 12.2 Å². The van der Waals surface area contributed by atoms with Crippen molar-refractivity contribution in [1.82, 2.24) is 5.32 Å². The molecule has 3 aromatic rings. The molecule has 1 amide bonds. The number of para-hydroxylation sites is 2. The summed E-state index contributed by atoms with van der Waals surface area (Å²) in [6.45, 7) is 11.5. The van der Waals surface area contributed by atoms with Crippen LogP contribution in [0.3, 0.4) is 0 Å². The lowest BCUT2D eigenvalue weighted by Crippen LogP contribution is -2.64. The Kier molecular flexibility index (Phi) is 8.52. The molecule has 1 heterocycles. The highest BCUT2D eigenvalue weighted by molar-refractivity contribution is 5.70. The van der Waals surface area contributed by atoms with Crippen LogP contribution < -0.4 is 14.8 Å². The van der Waals surface area contributed by atoms with E-state index in [0.29, 0.717) is 35.0 Å². The van der Waals surface area contributed by atoms with Gasteiger partial charge in [0.15, 0.2) is 5.79 Å². The SMILES string of the molecule is CCCC1OC(C)(C)OCC1(NC(=O)OC(C)(C)C)c1ccc(Oc2ccccc2)cc1Oc1ccccc1. The van der Waals surface area contributed by atoms with Crippen LogP contribution in [-0.2, 0) is 19.7 Å². The normalized spacial score (nSPS) is 20.6. The van der Waals surface area contributed by atoms with Crippen LogP contribution in [0.4, 0.5) is 4.79 Å². The first kappa shape index (κ1) is 28.5. The zero-order valence-electron chi connectivity index (χ0n) is 23.7. The molecule has 1 aliphatic rings. The molecule has 0 aromatic heterocycles. The molecule has 39 heavy (non-hydrogen) atoms. The van der Waals surface area contributed by atoms with E-state index >= 15 is 0 Å². The van der Waals surface area contributed by atoms with Gasteiger partial charge in [0, 0.05) is 11.6 Å². The van der Waals surface area contributed by atoms with Gasteiger partial charge in [0.1, 0.15) is 34.1 Å². The number of rotatable bonds is 8. The van der Waals surface area contributed by atoms with Crippen molar-refractivity contribution in [2.75, 3.05) is 6.61 Å². The molecule has 1 aliphatic heterocycles. The first-order valence-corrected chi connectivity index (χ1v) is 13.4. The van der Waals surface area contributed by atoms with Crippen LogP contribution in [0.25, 0.3) is 0 Å². The minimum absolute atomic E-state index is 0.161. The minimum Gasteiger partial charge on any atom is -0.457 e. The maximum Gasteiger partial charge on any atom is 0.408 e. The van der Waals surface area contributed by atoms with Gasteiger partial charge in [-0.25, -0.2) is 4.79 Å². The molecular formula is C32H39NO6. The largest absolute Gasteiger partial charge is 0.457 e. The number of hydrogen-bond donors (Lipinski definition) is 1. The Morgan fingerprint density at radius 1 is 0.923 bits per heavy atom. The first-order valence-electron chi connectivity index (χ1n) is 13.4. The molecule has 208 valence electrons. The first-order chi connectivity index (χ1) is 18.5. The molecule has 1 fully saturated rings. The van der Waals surface area contributed by atoms with E-state index in [-0.39, 0.29) is 6.61 Å². The Morgan fingerprint density at radius 2 is 1.54 bits per heavy atom. The number of carbonyl (C=O) groups is 1. The lowest BCUT2D eigenvalue weighted by atomic mass is 9.81. The van der Waals surface area contributed by atoms with Crippen molar-refractivity contribution in [3.05, 3.63) is 84.4 Å². The summed E-state index contributed by atoms with van der Waals surface area (Å²) in [5.41, 5.74) is -1.08. The van der Waals surface area contributed by atoms with Crippen LogP contribution in [0.1, 0.15) is 59.9 Å². The van der Waals surface area contributed by atoms with Gasteiger partial charge < -0.3 is 29.0 Å². The zero-order chi connectivity index (χ0) is 28.1. The predicted molar refractivity (Wildman–Crippen MR) is 150 cm³/mol. The summed E-state index contributed by atoms with van der Waals surface area (Å²) in [7, 11) is 0. The fourth-order valence-corrected chi connectivity index (χ4v) is 4.61. The Bertz CT molecular complexity index is 1240. The van der Waals surface area contributed by atoms with Crippen molar-refractivity contribution in [2.45, 2.75) is 77.4 Å². The van der Waals surface area contributed by atoms with Crippen LogP contribution in [-0.4, -0.2) is 30.2 Å². The van der Waals surface area contributed by atoms with Crippen LogP contribution in [0, 0.1) is 0 Å². The standard InChI is InChI=1S/C32H39NO6/c1-7-14-28-32(22-35-31(5,6)38-28,33-29(34)39-30(2,3)4)26-20-19-25(36-23-15-10-8-11-16-23)21-27(26)37-24-17-12-9-13-18-24/h8-13,15-21,28H,7,14,22H2,1-6H3,(H,33,34). The summed E-state index contributed by atoms with van der Waals surface area (Å²) in [6, 6.07) is 24.6. The number of nitrogens with one attached hydrogen (secondary N) is 1. The molecule has 7 nitrogen and oxygen atoms in total. The van der Waals surface area contributed by atoms with Gasteiger partial charge in [0.05, 0.1) is 12.7 Å². The molecule has 7 heteroatoms. The lowest BCUT2D eigenvalue weighted by Gasteiger charge is -2.50. The number of hydrogen-bond acceptors (Lipinski definition) is 6. The summed E-state index contributed by atoms with van der Waals surface area (Å²) < 4.78 is 30.9. The Labute approximate surface area is 231 Å². The molecule has 0 saturated carbocycles. The van der Waals surface area contributed by atoms with Crippen molar-refractivity contribution in [2.24, 2.45) is 0 Å². The molecule has 0 radical (unpaired) electrons. The summed E-state index contributed by atoms with van der Waals surface area (Å²) in [6.07, 6.45) is 0.529. The Hall–Kier alpha value is -3.55. The Balaban J connectivity index is 1.83. The summed E-state index contributed by atoms with van der Waals surface area (Å²) >= 11 is 0. The van der Waals surface area contributed by atoms with E-state index in [1.165, 1.54) is 0 Å². The van der Waals surface area contributed by atoms with Gasteiger partial charge in [0.2, 0.25) is 0 Å². The van der Waals surface area contributed by atoms with Crippen molar-refractivity contribution in [1.29, 1.82) is 0 Å². The Morgan fingerprint density at radius 3 is 2.13 bits per heavy atom. The highest BCUT2D eigenvalue weighted by atomic mass is 16.7. The molecule has 0 bridgehead atoms. The van der Waals surface area contributed by atoms with Crippen molar-refractivity contribution in [3.8, 4) is 23.0 Å². The van der Waals surface area contributed by atoms with Gasteiger partial charge in [-0.15, -0.1) is 0 Å². The summed E-state index contributed by atoms with van der Waals surface area (Å²) in [5, 5.41) is 3.14. The van der Waals surface area contributed by atoms with Crippen LogP contribution in [0.5, 0.6) is 23.0 Å². The second-order valence-corrected chi connectivity index (χ2v) is 11.2. The van der Waals surface area contributed by atoms with Crippen LogP contribution >= 0.6 is 0 Å². The third kappa shape index (κ3) is 7.31. The average molecular weight is 534 g/mol. The number of ether oxygens (including phenoxy) is 5. The van der Waals surface area contributed by atoms with Gasteiger partial charge in [0.25, 0.3) is 0 Å². The molecular weight excluding hydrogens is 494 g/mol. The second-order valence-electron chi connectivity index (χ2n) is 11.2. The smallest absolute Gasteiger partial charge is 0.408 e. The highest BCUT2D eigenvalue weighted by Crippen LogP contribution is 2.45. The maximum absolute atomic E-state index is 13.3. The van der Waals surface area contributed by atoms with Gasteiger partial charge in [-0.1, -0.05) is 49.7 Å². The number of alkyl carbamates (subject to hydrolysis) is 1. The maximum atomic E-state index is 13.3. The van der Waals surface area contributed by atoms with Gasteiger partial charge in [-0.05, 0) is 77.4 Å². The quantitative estimate of drug-likeness (QED) is 0.317. The van der Waals surface area contributed by atoms with Crippen molar-refractivity contribution < 1.29 is 28.5 Å². The third-order valence-electron chi connectivity index (χ3n) is 6.28. The van der Waals surface area contributed by atoms with E-state index in [4.69, 9.17) is 23.7 Å². The van der Waals surface area contributed by atoms with E-state index in [9.17, 15) is 4.79 Å². The monoisotopic (exact) mass is 533 g/mol. The highest BCUT2D eigenvalue weighted by Gasteiger charge is 2.52. The van der Waals surface area contributed by atoms with Crippen LogP contribution in [0.15, 0.2) is 78.9 Å². The average Bonchev–Trinajstić information content (AvgIpc) is 2.86.